The summed E-state index contributed by atoms with van der Waals surface area (Å²) in [5.74, 6) is 1.69. The highest BCUT2D eigenvalue weighted by Gasteiger charge is 2.12. The molecule has 2 N–H and O–H groups in total. The monoisotopic (exact) mass is 378 g/mol. The SMILES string of the molecule is CN=C(NCCCN(C(C)C)C(C)C)NCc1ccc(OCCOC)cc1. The van der Waals surface area contributed by atoms with Crippen LogP contribution in [0, 0.1) is 0 Å². The van der Waals surface area contributed by atoms with E-state index >= 15 is 0 Å². The van der Waals surface area contributed by atoms with Crippen molar-refractivity contribution in [2.24, 2.45) is 4.99 Å². The lowest BCUT2D eigenvalue weighted by Crippen LogP contribution is -2.41. The van der Waals surface area contributed by atoms with Gasteiger partial charge in [-0.15, -0.1) is 0 Å². The number of aliphatic imine (C=N–C) groups is 1. The minimum atomic E-state index is 0.565. The second kappa shape index (κ2) is 13.4. The first-order valence-corrected chi connectivity index (χ1v) is 9.88. The third-order valence-corrected chi connectivity index (χ3v) is 4.38. The lowest BCUT2D eigenvalue weighted by molar-refractivity contribution is 0.146. The quantitative estimate of drug-likeness (QED) is 0.333. The van der Waals surface area contributed by atoms with Crippen LogP contribution in [0.4, 0.5) is 0 Å². The van der Waals surface area contributed by atoms with Gasteiger partial charge in [-0.05, 0) is 51.8 Å². The van der Waals surface area contributed by atoms with Gasteiger partial charge in [0, 0.05) is 45.9 Å². The van der Waals surface area contributed by atoms with Gasteiger partial charge < -0.3 is 20.1 Å². The summed E-state index contributed by atoms with van der Waals surface area (Å²) in [5, 5.41) is 6.75. The van der Waals surface area contributed by atoms with E-state index in [1.165, 1.54) is 5.56 Å². The summed E-state index contributed by atoms with van der Waals surface area (Å²) >= 11 is 0. The molecular weight excluding hydrogens is 340 g/mol. The molecule has 0 bridgehead atoms. The largest absolute Gasteiger partial charge is 0.491 e. The first-order chi connectivity index (χ1) is 13.0. The average Bonchev–Trinajstić information content (AvgIpc) is 2.64. The van der Waals surface area contributed by atoms with Gasteiger partial charge in [-0.25, -0.2) is 0 Å². The number of rotatable bonds is 12. The van der Waals surface area contributed by atoms with Crippen LogP contribution in [-0.4, -0.2) is 63.4 Å². The number of hydrogen-bond acceptors (Lipinski definition) is 4. The molecule has 0 aromatic heterocycles. The molecule has 6 nitrogen and oxygen atoms in total. The average molecular weight is 379 g/mol. The molecule has 0 atom stereocenters. The molecule has 6 heteroatoms. The van der Waals surface area contributed by atoms with Crippen molar-refractivity contribution in [2.75, 3.05) is 40.5 Å². The predicted octanol–water partition coefficient (Wildman–Crippen LogP) is 2.89. The zero-order valence-electron chi connectivity index (χ0n) is 17.9. The number of nitrogens with one attached hydrogen (secondary N) is 2. The molecule has 0 heterocycles. The Hall–Kier alpha value is -1.79. The van der Waals surface area contributed by atoms with Gasteiger partial charge in [-0.3, -0.25) is 9.89 Å². The molecule has 0 unspecified atom stereocenters. The van der Waals surface area contributed by atoms with Crippen molar-refractivity contribution in [1.82, 2.24) is 15.5 Å². The molecule has 1 aromatic rings. The molecule has 0 aliphatic carbocycles. The Balaban J connectivity index is 2.31. The van der Waals surface area contributed by atoms with Crippen molar-refractivity contribution < 1.29 is 9.47 Å². The number of methoxy groups -OCH3 is 1. The molecule has 0 fully saturated rings. The predicted molar refractivity (Wildman–Crippen MR) is 114 cm³/mol. The summed E-state index contributed by atoms with van der Waals surface area (Å²) < 4.78 is 10.6. The number of nitrogens with zero attached hydrogens (tertiary/aromatic N) is 2. The number of hydrogen-bond donors (Lipinski definition) is 2. The van der Waals surface area contributed by atoms with Crippen LogP contribution in [0.3, 0.4) is 0 Å². The Morgan fingerprint density at radius 1 is 1.04 bits per heavy atom. The van der Waals surface area contributed by atoms with Crippen LogP contribution in [0.1, 0.15) is 39.7 Å². The van der Waals surface area contributed by atoms with E-state index in [1.807, 2.05) is 12.1 Å². The Morgan fingerprint density at radius 2 is 1.70 bits per heavy atom. The molecule has 1 rings (SSSR count). The molecule has 0 saturated heterocycles. The molecule has 1 aromatic carbocycles. The van der Waals surface area contributed by atoms with Gasteiger partial charge in [-0.2, -0.15) is 0 Å². The van der Waals surface area contributed by atoms with Crippen molar-refractivity contribution in [2.45, 2.75) is 52.7 Å². The topological polar surface area (TPSA) is 58.1 Å². The normalized spacial score (nSPS) is 12.1. The smallest absolute Gasteiger partial charge is 0.191 e. The van der Waals surface area contributed by atoms with Crippen LogP contribution in [0.25, 0.3) is 0 Å². The van der Waals surface area contributed by atoms with Crippen molar-refractivity contribution in [3.63, 3.8) is 0 Å². The lowest BCUT2D eigenvalue weighted by Gasteiger charge is -2.30. The van der Waals surface area contributed by atoms with Crippen LogP contribution in [0.2, 0.25) is 0 Å². The molecule has 0 aliphatic heterocycles. The van der Waals surface area contributed by atoms with Crippen LogP contribution in [0.15, 0.2) is 29.3 Å². The molecule has 0 amide bonds. The minimum Gasteiger partial charge on any atom is -0.491 e. The lowest BCUT2D eigenvalue weighted by atomic mass is 10.2. The summed E-state index contributed by atoms with van der Waals surface area (Å²) in [7, 11) is 3.47. The third kappa shape index (κ3) is 9.63. The van der Waals surface area contributed by atoms with E-state index in [4.69, 9.17) is 9.47 Å². The van der Waals surface area contributed by atoms with Crippen molar-refractivity contribution >= 4 is 5.96 Å². The fourth-order valence-electron chi connectivity index (χ4n) is 2.93. The van der Waals surface area contributed by atoms with Gasteiger partial charge >= 0.3 is 0 Å². The zero-order chi connectivity index (χ0) is 20.1. The van der Waals surface area contributed by atoms with Crippen LogP contribution in [-0.2, 0) is 11.3 Å². The van der Waals surface area contributed by atoms with E-state index in [9.17, 15) is 0 Å². The maximum absolute atomic E-state index is 5.58. The Labute approximate surface area is 165 Å². The second-order valence-corrected chi connectivity index (χ2v) is 7.12. The maximum Gasteiger partial charge on any atom is 0.191 e. The van der Waals surface area contributed by atoms with E-state index in [0.717, 1.165) is 37.8 Å². The van der Waals surface area contributed by atoms with E-state index in [-0.39, 0.29) is 0 Å². The van der Waals surface area contributed by atoms with Gasteiger partial charge in [0.1, 0.15) is 12.4 Å². The van der Waals surface area contributed by atoms with E-state index in [2.05, 4.69) is 60.4 Å². The minimum absolute atomic E-state index is 0.565. The molecule has 0 saturated carbocycles. The highest BCUT2D eigenvalue weighted by Crippen LogP contribution is 2.12. The number of ether oxygens (including phenoxy) is 2. The summed E-state index contributed by atoms with van der Waals surface area (Å²) in [5.41, 5.74) is 1.18. The van der Waals surface area contributed by atoms with Crippen LogP contribution < -0.4 is 15.4 Å². The number of benzene rings is 1. The fourth-order valence-corrected chi connectivity index (χ4v) is 2.93. The summed E-state index contributed by atoms with van der Waals surface area (Å²) in [6.45, 7) is 12.9. The zero-order valence-corrected chi connectivity index (χ0v) is 17.9. The highest BCUT2D eigenvalue weighted by molar-refractivity contribution is 5.79. The van der Waals surface area contributed by atoms with Crippen molar-refractivity contribution in [1.29, 1.82) is 0 Å². The third-order valence-electron chi connectivity index (χ3n) is 4.38. The summed E-state index contributed by atoms with van der Waals surface area (Å²) in [6.07, 6.45) is 1.09. The standard InChI is InChI=1S/C21H38N4O2/c1-17(2)25(18(3)4)13-7-12-23-21(22-5)24-16-19-8-10-20(11-9-19)27-15-14-26-6/h8-11,17-18H,7,12-16H2,1-6H3,(H2,22,23,24). The fraction of sp³-hybridized carbons (Fsp3) is 0.667. The molecule has 27 heavy (non-hydrogen) atoms. The van der Waals surface area contributed by atoms with Crippen molar-refractivity contribution in [3.8, 4) is 5.75 Å². The molecule has 154 valence electrons. The van der Waals surface area contributed by atoms with E-state index in [1.54, 1.807) is 14.2 Å². The van der Waals surface area contributed by atoms with E-state index in [0.29, 0.717) is 25.3 Å². The van der Waals surface area contributed by atoms with Crippen LogP contribution in [0.5, 0.6) is 5.75 Å². The van der Waals surface area contributed by atoms with Gasteiger partial charge in [0.2, 0.25) is 0 Å². The Bertz CT molecular complexity index is 521. The molecule has 0 radical (unpaired) electrons. The van der Waals surface area contributed by atoms with Gasteiger partial charge in [0.05, 0.1) is 6.61 Å². The maximum atomic E-state index is 5.58. The molecule has 0 spiro atoms. The molecular formula is C21H38N4O2. The summed E-state index contributed by atoms with van der Waals surface area (Å²) in [6, 6.07) is 9.23. The van der Waals surface area contributed by atoms with Gasteiger partial charge in [0.25, 0.3) is 0 Å². The first-order valence-electron chi connectivity index (χ1n) is 9.88. The van der Waals surface area contributed by atoms with Crippen molar-refractivity contribution in [3.05, 3.63) is 29.8 Å². The van der Waals surface area contributed by atoms with Gasteiger partial charge in [0.15, 0.2) is 5.96 Å². The van der Waals surface area contributed by atoms with Gasteiger partial charge in [-0.1, -0.05) is 12.1 Å². The highest BCUT2D eigenvalue weighted by atomic mass is 16.5. The molecule has 0 aliphatic rings. The van der Waals surface area contributed by atoms with Crippen LogP contribution >= 0.6 is 0 Å². The van der Waals surface area contributed by atoms with E-state index < -0.39 is 0 Å². The summed E-state index contributed by atoms with van der Waals surface area (Å²) in [4.78, 5) is 6.81. The number of guanidine groups is 1. The Kier molecular flexibility index (Phi) is 11.5. The first kappa shape index (κ1) is 23.2. The Morgan fingerprint density at radius 3 is 2.26 bits per heavy atom. The second-order valence-electron chi connectivity index (χ2n) is 7.12.